The summed E-state index contributed by atoms with van der Waals surface area (Å²) in [4.78, 5) is 16.8. The topological polar surface area (TPSA) is 59.8 Å². The van der Waals surface area contributed by atoms with Crippen molar-refractivity contribution in [2.24, 2.45) is 0 Å². The molecule has 3 rings (SSSR count). The van der Waals surface area contributed by atoms with Gasteiger partial charge in [0.25, 0.3) is 0 Å². The Kier molecular flexibility index (Phi) is 5.87. The van der Waals surface area contributed by atoms with E-state index in [9.17, 15) is 4.79 Å². The van der Waals surface area contributed by atoms with Gasteiger partial charge in [-0.25, -0.2) is 9.67 Å². The summed E-state index contributed by atoms with van der Waals surface area (Å²) in [7, 11) is 0. The quantitative estimate of drug-likeness (QED) is 0.628. The second kappa shape index (κ2) is 8.15. The Bertz CT molecular complexity index is 982. The molecule has 0 saturated heterocycles. The van der Waals surface area contributed by atoms with E-state index in [-0.39, 0.29) is 12.3 Å². The zero-order valence-electron chi connectivity index (χ0n) is 15.7. The molecular weight excluding hydrogens is 380 g/mol. The third kappa shape index (κ3) is 4.34. The highest BCUT2D eigenvalue weighted by Gasteiger charge is 2.16. The molecule has 2 heterocycles. The summed E-state index contributed by atoms with van der Waals surface area (Å²) >= 11 is 7.81. The minimum atomic E-state index is -0.0959. The maximum Gasteiger partial charge on any atom is 0.228 e. The predicted octanol–water partition coefficient (Wildman–Crippen LogP) is 4.75. The number of rotatable bonds is 5. The summed E-state index contributed by atoms with van der Waals surface area (Å²) < 4.78 is 1.83. The van der Waals surface area contributed by atoms with Crippen LogP contribution >= 0.6 is 23.4 Å². The van der Waals surface area contributed by atoms with Gasteiger partial charge in [-0.1, -0.05) is 17.7 Å². The highest BCUT2D eigenvalue weighted by atomic mass is 35.5. The van der Waals surface area contributed by atoms with Gasteiger partial charge in [0.1, 0.15) is 0 Å². The van der Waals surface area contributed by atoms with E-state index in [0.29, 0.717) is 10.7 Å². The number of carbonyl (C=O) groups excluding carboxylic acids is 1. The van der Waals surface area contributed by atoms with Gasteiger partial charge in [-0.15, -0.1) is 11.8 Å². The molecule has 7 heteroatoms. The molecule has 0 aliphatic heterocycles. The predicted molar refractivity (Wildman–Crippen MR) is 111 cm³/mol. The van der Waals surface area contributed by atoms with Gasteiger partial charge >= 0.3 is 0 Å². The first-order valence-corrected chi connectivity index (χ1v) is 10.1. The molecule has 1 N–H and O–H groups in total. The molecule has 0 radical (unpaired) electrons. The van der Waals surface area contributed by atoms with Gasteiger partial charge in [0, 0.05) is 16.3 Å². The highest BCUT2D eigenvalue weighted by molar-refractivity contribution is 7.98. The lowest BCUT2D eigenvalue weighted by Crippen LogP contribution is -2.15. The van der Waals surface area contributed by atoms with Crippen LogP contribution in [0.1, 0.15) is 22.5 Å². The summed E-state index contributed by atoms with van der Waals surface area (Å²) in [6, 6.07) is 9.57. The number of aromatic nitrogens is 3. The minimum absolute atomic E-state index is 0.0959. The maximum absolute atomic E-state index is 12.5. The number of benzene rings is 1. The van der Waals surface area contributed by atoms with E-state index < -0.39 is 0 Å². The first-order valence-electron chi connectivity index (χ1n) is 8.50. The SMILES string of the molecule is CSc1ccc(NC(=O)Cc2c(C)nn(-c3ccc(C)c(Cl)c3)c2C)cn1. The number of hydrogen-bond donors (Lipinski definition) is 1. The molecule has 0 spiro atoms. The van der Waals surface area contributed by atoms with Crippen molar-refractivity contribution >= 4 is 35.0 Å². The molecule has 3 aromatic rings. The summed E-state index contributed by atoms with van der Waals surface area (Å²) in [5.41, 5.74) is 5.26. The van der Waals surface area contributed by atoms with E-state index in [1.54, 1.807) is 18.0 Å². The second-order valence-corrected chi connectivity index (χ2v) is 7.54. The van der Waals surface area contributed by atoms with Crippen LogP contribution in [0.2, 0.25) is 5.02 Å². The van der Waals surface area contributed by atoms with Crippen molar-refractivity contribution in [3.8, 4) is 5.69 Å². The molecular formula is C20H21ClN4OS. The van der Waals surface area contributed by atoms with Gasteiger partial charge in [-0.3, -0.25) is 4.79 Å². The van der Waals surface area contributed by atoms with E-state index in [1.165, 1.54) is 0 Å². The minimum Gasteiger partial charge on any atom is -0.324 e. The molecule has 0 bridgehead atoms. The lowest BCUT2D eigenvalue weighted by atomic mass is 10.1. The normalized spacial score (nSPS) is 10.9. The van der Waals surface area contributed by atoms with E-state index >= 15 is 0 Å². The number of carbonyl (C=O) groups is 1. The second-order valence-electron chi connectivity index (χ2n) is 6.31. The number of pyridine rings is 1. The molecule has 0 atom stereocenters. The van der Waals surface area contributed by atoms with Gasteiger partial charge in [-0.05, 0) is 56.9 Å². The standard InChI is InChI=1S/C20H21ClN4OS/c1-12-5-7-16(9-18(12)21)25-14(3)17(13(2)24-25)10-19(26)23-15-6-8-20(27-4)22-11-15/h5-9,11H,10H2,1-4H3,(H,23,26). The van der Waals surface area contributed by atoms with Crippen LogP contribution in [-0.2, 0) is 11.2 Å². The summed E-state index contributed by atoms with van der Waals surface area (Å²) in [6.45, 7) is 5.84. The monoisotopic (exact) mass is 400 g/mol. The van der Waals surface area contributed by atoms with Crippen LogP contribution in [0.5, 0.6) is 0 Å². The molecule has 0 unspecified atom stereocenters. The fourth-order valence-corrected chi connectivity index (χ4v) is 3.37. The molecule has 0 aliphatic carbocycles. The number of anilines is 1. The smallest absolute Gasteiger partial charge is 0.228 e. The van der Waals surface area contributed by atoms with Crippen LogP contribution in [0.25, 0.3) is 5.69 Å². The summed E-state index contributed by atoms with van der Waals surface area (Å²) in [5.74, 6) is -0.0959. The average Bonchev–Trinajstić information content (AvgIpc) is 2.93. The van der Waals surface area contributed by atoms with Crippen LogP contribution in [-0.4, -0.2) is 26.9 Å². The largest absolute Gasteiger partial charge is 0.324 e. The number of halogens is 1. The zero-order chi connectivity index (χ0) is 19.6. The van der Waals surface area contributed by atoms with E-state index in [4.69, 9.17) is 11.6 Å². The molecule has 140 valence electrons. The van der Waals surface area contributed by atoms with Gasteiger partial charge in [-0.2, -0.15) is 5.10 Å². The van der Waals surface area contributed by atoms with Gasteiger partial charge < -0.3 is 5.32 Å². The molecule has 0 saturated carbocycles. The van der Waals surface area contributed by atoms with Crippen LogP contribution in [0, 0.1) is 20.8 Å². The number of hydrogen-bond acceptors (Lipinski definition) is 4. The van der Waals surface area contributed by atoms with Crippen LogP contribution in [0.15, 0.2) is 41.6 Å². The van der Waals surface area contributed by atoms with Crippen molar-refractivity contribution in [1.29, 1.82) is 0 Å². The van der Waals surface area contributed by atoms with Crippen LogP contribution < -0.4 is 5.32 Å². The number of amides is 1. The Hall–Kier alpha value is -2.31. The lowest BCUT2D eigenvalue weighted by Gasteiger charge is -2.08. The molecule has 1 amide bonds. The summed E-state index contributed by atoms with van der Waals surface area (Å²) in [6.07, 6.45) is 3.88. The first kappa shape index (κ1) is 19.5. The number of thioether (sulfide) groups is 1. The molecule has 27 heavy (non-hydrogen) atoms. The Balaban J connectivity index is 1.79. The van der Waals surface area contributed by atoms with Crippen molar-refractivity contribution in [2.75, 3.05) is 11.6 Å². The summed E-state index contributed by atoms with van der Waals surface area (Å²) in [5, 5.41) is 9.10. The first-order chi connectivity index (χ1) is 12.9. The van der Waals surface area contributed by atoms with Crippen molar-refractivity contribution < 1.29 is 4.79 Å². The average molecular weight is 401 g/mol. The zero-order valence-corrected chi connectivity index (χ0v) is 17.3. The Morgan fingerprint density at radius 1 is 1.22 bits per heavy atom. The van der Waals surface area contributed by atoms with E-state index in [2.05, 4.69) is 15.4 Å². The number of aryl methyl sites for hydroxylation is 2. The number of nitrogens with one attached hydrogen (secondary N) is 1. The molecule has 5 nitrogen and oxygen atoms in total. The van der Waals surface area contributed by atoms with Crippen LogP contribution in [0.3, 0.4) is 0 Å². The van der Waals surface area contributed by atoms with Crippen molar-refractivity contribution in [1.82, 2.24) is 14.8 Å². The van der Waals surface area contributed by atoms with Gasteiger partial charge in [0.15, 0.2) is 0 Å². The Morgan fingerprint density at radius 2 is 2.00 bits per heavy atom. The van der Waals surface area contributed by atoms with Gasteiger partial charge in [0.2, 0.25) is 5.91 Å². The molecule has 0 aliphatic rings. The molecule has 2 aromatic heterocycles. The third-order valence-corrected chi connectivity index (χ3v) is 5.47. The van der Waals surface area contributed by atoms with Gasteiger partial charge in [0.05, 0.1) is 34.7 Å². The third-order valence-electron chi connectivity index (χ3n) is 4.41. The van der Waals surface area contributed by atoms with E-state index in [0.717, 1.165) is 33.2 Å². The van der Waals surface area contributed by atoms with Crippen LogP contribution in [0.4, 0.5) is 5.69 Å². The fourth-order valence-electron chi connectivity index (χ4n) is 2.84. The van der Waals surface area contributed by atoms with Crippen molar-refractivity contribution in [3.63, 3.8) is 0 Å². The molecule has 1 aromatic carbocycles. The highest BCUT2D eigenvalue weighted by Crippen LogP contribution is 2.23. The Morgan fingerprint density at radius 3 is 2.63 bits per heavy atom. The Labute approximate surface area is 168 Å². The molecule has 0 fully saturated rings. The maximum atomic E-state index is 12.5. The van der Waals surface area contributed by atoms with Crippen molar-refractivity contribution in [2.45, 2.75) is 32.2 Å². The lowest BCUT2D eigenvalue weighted by molar-refractivity contribution is -0.115. The fraction of sp³-hybridized carbons (Fsp3) is 0.250. The van der Waals surface area contributed by atoms with Crippen molar-refractivity contribution in [3.05, 3.63) is 64.1 Å². The number of nitrogens with zero attached hydrogens (tertiary/aromatic N) is 3. The van der Waals surface area contributed by atoms with E-state index in [1.807, 2.05) is 62.0 Å².